The van der Waals surface area contributed by atoms with Crippen molar-refractivity contribution in [2.45, 2.75) is 27.2 Å². The van der Waals surface area contributed by atoms with E-state index in [1.54, 1.807) is 6.20 Å². The second kappa shape index (κ2) is 3.99. The fourth-order valence-electron chi connectivity index (χ4n) is 1.15. The van der Waals surface area contributed by atoms with E-state index in [1.807, 2.05) is 6.92 Å². The van der Waals surface area contributed by atoms with Crippen molar-refractivity contribution in [3.63, 3.8) is 0 Å². The fraction of sp³-hybridized carbons (Fsp3) is 0.500. The zero-order valence-electron chi connectivity index (χ0n) is 8.20. The van der Waals surface area contributed by atoms with Crippen molar-refractivity contribution in [3.05, 3.63) is 23.3 Å². The standard InChI is InChI=1S/C10H13N3/c1-7(2)4-10-9(5-11)6-12-8(3)13-10/h6-7H,4H2,1-3H3. The van der Waals surface area contributed by atoms with Gasteiger partial charge < -0.3 is 0 Å². The zero-order valence-corrected chi connectivity index (χ0v) is 8.20. The summed E-state index contributed by atoms with van der Waals surface area (Å²) < 4.78 is 0. The average molecular weight is 175 g/mol. The third-order valence-corrected chi connectivity index (χ3v) is 1.71. The molecule has 1 rings (SSSR count). The van der Waals surface area contributed by atoms with Gasteiger partial charge in [0, 0.05) is 6.20 Å². The Morgan fingerprint density at radius 3 is 2.77 bits per heavy atom. The quantitative estimate of drug-likeness (QED) is 0.689. The second-order valence-electron chi connectivity index (χ2n) is 3.49. The summed E-state index contributed by atoms with van der Waals surface area (Å²) in [6.45, 7) is 6.06. The first-order valence-corrected chi connectivity index (χ1v) is 4.36. The van der Waals surface area contributed by atoms with Crippen molar-refractivity contribution in [1.29, 1.82) is 5.26 Å². The van der Waals surface area contributed by atoms with Gasteiger partial charge in [0.05, 0.1) is 11.3 Å². The number of rotatable bonds is 2. The molecule has 0 bridgehead atoms. The molecular weight excluding hydrogens is 162 g/mol. The Kier molecular flexibility index (Phi) is 2.97. The Labute approximate surface area is 78.5 Å². The highest BCUT2D eigenvalue weighted by Gasteiger charge is 2.06. The summed E-state index contributed by atoms with van der Waals surface area (Å²) in [7, 11) is 0. The molecule has 3 nitrogen and oxygen atoms in total. The van der Waals surface area contributed by atoms with E-state index in [4.69, 9.17) is 5.26 Å². The summed E-state index contributed by atoms with van der Waals surface area (Å²) in [6, 6.07) is 2.10. The molecular formula is C10H13N3. The maximum Gasteiger partial charge on any atom is 0.125 e. The number of nitriles is 1. The Morgan fingerprint density at radius 2 is 2.23 bits per heavy atom. The lowest BCUT2D eigenvalue weighted by Crippen LogP contribution is -2.03. The molecule has 0 N–H and O–H groups in total. The van der Waals surface area contributed by atoms with Crippen LogP contribution in [0.15, 0.2) is 6.20 Å². The van der Waals surface area contributed by atoms with Crippen LogP contribution in [0.1, 0.15) is 30.9 Å². The lowest BCUT2D eigenvalue weighted by molar-refractivity contribution is 0.630. The van der Waals surface area contributed by atoms with Gasteiger partial charge in [0.15, 0.2) is 0 Å². The maximum absolute atomic E-state index is 8.79. The third kappa shape index (κ3) is 2.51. The third-order valence-electron chi connectivity index (χ3n) is 1.71. The molecule has 0 amide bonds. The molecule has 0 fully saturated rings. The molecule has 0 radical (unpaired) electrons. The molecule has 0 saturated carbocycles. The SMILES string of the molecule is Cc1ncc(C#N)c(CC(C)C)n1. The van der Waals surface area contributed by atoms with Crippen molar-refractivity contribution in [3.8, 4) is 6.07 Å². The van der Waals surface area contributed by atoms with Crippen LogP contribution in [-0.4, -0.2) is 9.97 Å². The van der Waals surface area contributed by atoms with Gasteiger partial charge in [-0.15, -0.1) is 0 Å². The van der Waals surface area contributed by atoms with Gasteiger partial charge in [-0.25, -0.2) is 9.97 Å². The number of nitrogens with zero attached hydrogens (tertiary/aromatic N) is 3. The van der Waals surface area contributed by atoms with E-state index >= 15 is 0 Å². The van der Waals surface area contributed by atoms with Crippen LogP contribution in [0.4, 0.5) is 0 Å². The Hall–Kier alpha value is -1.43. The monoisotopic (exact) mass is 175 g/mol. The van der Waals surface area contributed by atoms with E-state index in [9.17, 15) is 0 Å². The predicted octanol–water partition coefficient (Wildman–Crippen LogP) is 1.86. The van der Waals surface area contributed by atoms with Crippen molar-refractivity contribution in [2.24, 2.45) is 5.92 Å². The van der Waals surface area contributed by atoms with Gasteiger partial charge in [0.1, 0.15) is 11.9 Å². The van der Waals surface area contributed by atoms with Gasteiger partial charge in [-0.05, 0) is 19.3 Å². The first-order valence-electron chi connectivity index (χ1n) is 4.36. The molecule has 0 spiro atoms. The highest BCUT2D eigenvalue weighted by atomic mass is 14.9. The summed E-state index contributed by atoms with van der Waals surface area (Å²) in [5, 5.41) is 8.79. The molecule has 1 aromatic heterocycles. The Bertz CT molecular complexity index is 337. The number of hydrogen-bond donors (Lipinski definition) is 0. The summed E-state index contributed by atoms with van der Waals surface area (Å²) in [5.74, 6) is 1.25. The van der Waals surface area contributed by atoms with Gasteiger partial charge in [-0.1, -0.05) is 13.8 Å². The van der Waals surface area contributed by atoms with Crippen LogP contribution < -0.4 is 0 Å². The number of hydrogen-bond acceptors (Lipinski definition) is 3. The Balaban J connectivity index is 3.03. The van der Waals surface area contributed by atoms with E-state index in [2.05, 4.69) is 29.9 Å². The molecule has 0 aliphatic carbocycles. The zero-order chi connectivity index (χ0) is 9.84. The minimum Gasteiger partial charge on any atom is -0.240 e. The van der Waals surface area contributed by atoms with Crippen LogP contribution in [0, 0.1) is 24.2 Å². The second-order valence-corrected chi connectivity index (χ2v) is 3.49. The largest absolute Gasteiger partial charge is 0.240 e. The van der Waals surface area contributed by atoms with Crippen molar-refractivity contribution in [2.75, 3.05) is 0 Å². The molecule has 0 atom stereocenters. The lowest BCUT2D eigenvalue weighted by Gasteiger charge is -2.05. The highest BCUT2D eigenvalue weighted by molar-refractivity contribution is 5.30. The van der Waals surface area contributed by atoms with Crippen LogP contribution >= 0.6 is 0 Å². The lowest BCUT2D eigenvalue weighted by atomic mass is 10.1. The first-order chi connectivity index (χ1) is 6.13. The normalized spacial score (nSPS) is 10.1. The van der Waals surface area contributed by atoms with E-state index < -0.39 is 0 Å². The summed E-state index contributed by atoms with van der Waals surface area (Å²) >= 11 is 0. The van der Waals surface area contributed by atoms with Crippen LogP contribution in [0.2, 0.25) is 0 Å². The average Bonchev–Trinajstić information content (AvgIpc) is 2.03. The summed E-state index contributed by atoms with van der Waals surface area (Å²) in [4.78, 5) is 8.23. The van der Waals surface area contributed by atoms with E-state index in [-0.39, 0.29) is 0 Å². The summed E-state index contributed by atoms with van der Waals surface area (Å²) in [6.07, 6.45) is 2.44. The molecule has 0 aliphatic heterocycles. The molecule has 3 heteroatoms. The van der Waals surface area contributed by atoms with Crippen LogP contribution in [0.3, 0.4) is 0 Å². The molecule has 68 valence electrons. The maximum atomic E-state index is 8.79. The van der Waals surface area contributed by atoms with Crippen LogP contribution in [-0.2, 0) is 6.42 Å². The molecule has 0 aromatic carbocycles. The molecule has 0 aliphatic rings. The molecule has 13 heavy (non-hydrogen) atoms. The minimum absolute atomic E-state index is 0.515. The smallest absolute Gasteiger partial charge is 0.125 e. The molecule has 1 heterocycles. The van der Waals surface area contributed by atoms with Crippen molar-refractivity contribution >= 4 is 0 Å². The number of aromatic nitrogens is 2. The van der Waals surface area contributed by atoms with Gasteiger partial charge in [-0.2, -0.15) is 5.26 Å². The van der Waals surface area contributed by atoms with E-state index in [1.165, 1.54) is 0 Å². The van der Waals surface area contributed by atoms with Gasteiger partial charge in [-0.3, -0.25) is 0 Å². The Morgan fingerprint density at radius 1 is 1.54 bits per heavy atom. The molecule has 0 unspecified atom stereocenters. The van der Waals surface area contributed by atoms with Crippen molar-refractivity contribution < 1.29 is 0 Å². The first kappa shape index (κ1) is 9.66. The van der Waals surface area contributed by atoms with Crippen molar-refractivity contribution in [1.82, 2.24) is 9.97 Å². The topological polar surface area (TPSA) is 49.6 Å². The van der Waals surface area contributed by atoms with Gasteiger partial charge in [0.25, 0.3) is 0 Å². The van der Waals surface area contributed by atoms with E-state index in [0.29, 0.717) is 11.5 Å². The molecule has 1 aromatic rings. The predicted molar refractivity (Wildman–Crippen MR) is 50.0 cm³/mol. The van der Waals surface area contributed by atoms with Gasteiger partial charge >= 0.3 is 0 Å². The molecule has 0 saturated heterocycles. The fourth-order valence-corrected chi connectivity index (χ4v) is 1.15. The summed E-state index contributed by atoms with van der Waals surface area (Å²) in [5.41, 5.74) is 1.46. The van der Waals surface area contributed by atoms with Crippen LogP contribution in [0.25, 0.3) is 0 Å². The van der Waals surface area contributed by atoms with E-state index in [0.717, 1.165) is 17.9 Å². The highest BCUT2D eigenvalue weighted by Crippen LogP contribution is 2.09. The van der Waals surface area contributed by atoms with Crippen LogP contribution in [0.5, 0.6) is 0 Å². The minimum atomic E-state index is 0.515. The van der Waals surface area contributed by atoms with Gasteiger partial charge in [0.2, 0.25) is 0 Å². The number of aryl methyl sites for hydroxylation is 1.